The van der Waals surface area contributed by atoms with Gasteiger partial charge in [-0.05, 0) is 69.5 Å². The van der Waals surface area contributed by atoms with Crippen molar-refractivity contribution < 1.29 is 9.59 Å². The normalized spacial score (nSPS) is 11.5. The molecule has 0 amide bonds. The summed E-state index contributed by atoms with van der Waals surface area (Å²) in [5.74, 6) is 0.127. The molecule has 1 aromatic heterocycles. The molecule has 0 aliphatic carbocycles. The van der Waals surface area contributed by atoms with Gasteiger partial charge in [-0.1, -0.05) is 56.2 Å². The Hall–Kier alpha value is -3.20. The maximum absolute atomic E-state index is 13.2. The number of Topliss-reactive ketones (excluding diaryl/α,β-unsaturated/α-hetero) is 1. The minimum absolute atomic E-state index is 0.00812. The fourth-order valence-electron chi connectivity index (χ4n) is 4.04. The molecule has 0 atom stereocenters. The van der Waals surface area contributed by atoms with Crippen molar-refractivity contribution in [3.8, 4) is 5.69 Å². The summed E-state index contributed by atoms with van der Waals surface area (Å²) in [6, 6.07) is 18.9. The molecule has 0 saturated heterocycles. The third kappa shape index (κ3) is 4.93. The van der Waals surface area contributed by atoms with E-state index in [9.17, 15) is 9.59 Å². The highest BCUT2D eigenvalue weighted by molar-refractivity contribution is 6.10. The lowest BCUT2D eigenvalue weighted by Crippen LogP contribution is -2.07. The second-order valence-electron chi connectivity index (χ2n) is 7.96. The Balaban J connectivity index is 1.86. The zero-order chi connectivity index (χ0) is 22.4. The van der Waals surface area contributed by atoms with Crippen LogP contribution in [-0.2, 0) is 0 Å². The number of aromatic nitrogens is 1. The summed E-state index contributed by atoms with van der Waals surface area (Å²) < 4.78 is 2.09. The van der Waals surface area contributed by atoms with Crippen molar-refractivity contribution in [3.05, 3.63) is 100 Å². The molecule has 0 spiro atoms. The third-order valence-electron chi connectivity index (χ3n) is 5.79. The first-order valence-corrected chi connectivity index (χ1v) is 11.1. The summed E-state index contributed by atoms with van der Waals surface area (Å²) in [6.07, 6.45) is 6.09. The first kappa shape index (κ1) is 22.5. The average molecular weight is 414 g/mol. The van der Waals surface area contributed by atoms with Gasteiger partial charge in [-0.2, -0.15) is 0 Å². The Morgan fingerprint density at radius 3 is 2.16 bits per heavy atom. The van der Waals surface area contributed by atoms with E-state index in [0.29, 0.717) is 11.1 Å². The van der Waals surface area contributed by atoms with Crippen molar-refractivity contribution in [3.63, 3.8) is 0 Å². The molecule has 0 radical (unpaired) electrons. The topological polar surface area (TPSA) is 39.1 Å². The van der Waals surface area contributed by atoms with Crippen LogP contribution in [0, 0.1) is 13.8 Å². The monoisotopic (exact) mass is 413 g/mol. The highest BCUT2D eigenvalue weighted by Crippen LogP contribution is 2.25. The Kier molecular flexibility index (Phi) is 7.41. The van der Waals surface area contributed by atoms with Gasteiger partial charge in [0, 0.05) is 33.8 Å². The summed E-state index contributed by atoms with van der Waals surface area (Å²) in [7, 11) is 0. The molecule has 3 nitrogen and oxygen atoms in total. The average Bonchev–Trinajstić information content (AvgIpc) is 3.10. The molecule has 31 heavy (non-hydrogen) atoms. The van der Waals surface area contributed by atoms with Crippen LogP contribution in [0.1, 0.15) is 77.2 Å². The summed E-state index contributed by atoms with van der Waals surface area (Å²) >= 11 is 0. The molecule has 0 unspecified atom stereocenters. The first-order chi connectivity index (χ1) is 15.0. The van der Waals surface area contributed by atoms with Gasteiger partial charge in [0.25, 0.3) is 0 Å². The molecule has 160 valence electrons. The lowest BCUT2D eigenvalue weighted by atomic mass is 9.98. The van der Waals surface area contributed by atoms with Crippen molar-refractivity contribution in [2.24, 2.45) is 0 Å². The number of allylic oxidation sites excluding steroid dienone is 2. The van der Waals surface area contributed by atoms with Crippen LogP contribution in [-0.4, -0.2) is 16.1 Å². The fourth-order valence-corrected chi connectivity index (χ4v) is 4.04. The molecule has 3 rings (SSSR count). The van der Waals surface area contributed by atoms with Crippen LogP contribution >= 0.6 is 0 Å². The number of carbonyl (C=O) groups is 2. The van der Waals surface area contributed by atoms with Crippen LogP contribution in [0.4, 0.5) is 0 Å². The molecule has 2 aromatic carbocycles. The van der Waals surface area contributed by atoms with E-state index in [0.717, 1.165) is 53.9 Å². The molecule has 0 saturated carbocycles. The van der Waals surface area contributed by atoms with Crippen molar-refractivity contribution in [2.75, 3.05) is 0 Å². The van der Waals surface area contributed by atoms with E-state index in [1.165, 1.54) is 0 Å². The van der Waals surface area contributed by atoms with Crippen LogP contribution in [0.2, 0.25) is 0 Å². The molecule has 3 heteroatoms. The highest BCUT2D eigenvalue weighted by atomic mass is 16.1. The van der Waals surface area contributed by atoms with Gasteiger partial charge in [-0.15, -0.1) is 0 Å². The molecule has 3 aromatic rings. The predicted octanol–water partition coefficient (Wildman–Crippen LogP) is 7.03. The van der Waals surface area contributed by atoms with Gasteiger partial charge in [-0.3, -0.25) is 9.59 Å². The highest BCUT2D eigenvalue weighted by Gasteiger charge is 2.19. The largest absolute Gasteiger partial charge is 0.318 e. The van der Waals surface area contributed by atoms with Gasteiger partial charge in [0.15, 0.2) is 11.6 Å². The Labute approximate surface area is 185 Å². The van der Waals surface area contributed by atoms with E-state index >= 15 is 0 Å². The van der Waals surface area contributed by atoms with Crippen molar-refractivity contribution in [2.45, 2.75) is 53.4 Å². The second-order valence-corrected chi connectivity index (χ2v) is 7.96. The maximum Gasteiger partial charge on any atom is 0.193 e. The number of aryl methyl sites for hydroxylation is 1. The zero-order valence-electron chi connectivity index (χ0n) is 18.9. The summed E-state index contributed by atoms with van der Waals surface area (Å²) in [6.45, 7) is 8.12. The van der Waals surface area contributed by atoms with Crippen molar-refractivity contribution in [1.82, 2.24) is 4.57 Å². The number of rotatable bonds is 9. The number of unbranched alkanes of at least 4 members (excludes halogenated alkanes) is 2. The fraction of sp³-hybridized carbons (Fsp3) is 0.286. The van der Waals surface area contributed by atoms with Crippen LogP contribution in [0.5, 0.6) is 0 Å². The van der Waals surface area contributed by atoms with Crippen LogP contribution in [0.15, 0.2) is 72.3 Å². The number of hydrogen-bond donors (Lipinski definition) is 0. The summed E-state index contributed by atoms with van der Waals surface area (Å²) in [5.41, 5.74) is 5.86. The van der Waals surface area contributed by atoms with Gasteiger partial charge in [0.2, 0.25) is 0 Å². The molecule has 1 heterocycles. The Morgan fingerprint density at radius 1 is 0.903 bits per heavy atom. The quantitative estimate of drug-likeness (QED) is 0.214. The van der Waals surface area contributed by atoms with Gasteiger partial charge in [0.05, 0.1) is 0 Å². The van der Waals surface area contributed by atoms with E-state index in [1.807, 2.05) is 87.5 Å². The number of nitrogens with zero attached hydrogens (tertiary/aromatic N) is 1. The minimum Gasteiger partial charge on any atom is -0.318 e. The zero-order valence-corrected chi connectivity index (χ0v) is 18.9. The van der Waals surface area contributed by atoms with Crippen molar-refractivity contribution >= 4 is 11.6 Å². The van der Waals surface area contributed by atoms with Crippen LogP contribution < -0.4 is 0 Å². The number of ketones is 2. The van der Waals surface area contributed by atoms with Crippen LogP contribution in [0.25, 0.3) is 5.69 Å². The third-order valence-corrected chi connectivity index (χ3v) is 5.79. The Morgan fingerprint density at radius 2 is 1.55 bits per heavy atom. The van der Waals surface area contributed by atoms with E-state index < -0.39 is 0 Å². The van der Waals surface area contributed by atoms with E-state index in [4.69, 9.17) is 0 Å². The molecular formula is C28H31NO2. The number of carbonyl (C=O) groups excluding carboxylic acids is 2. The SMILES string of the molecule is CC=C(CCCCC)C(=O)c1cc(C)n(-c2ccc(C(=O)c3ccccc3)cc2)c1C. The number of hydrogen-bond acceptors (Lipinski definition) is 2. The molecule has 0 aliphatic heterocycles. The van der Waals surface area contributed by atoms with Crippen molar-refractivity contribution in [1.29, 1.82) is 0 Å². The minimum atomic E-state index is 0.00812. The van der Waals surface area contributed by atoms with Gasteiger partial charge >= 0.3 is 0 Å². The van der Waals surface area contributed by atoms with E-state index in [1.54, 1.807) is 0 Å². The van der Waals surface area contributed by atoms with Crippen LogP contribution in [0.3, 0.4) is 0 Å². The Bertz CT molecular complexity index is 1090. The predicted molar refractivity (Wildman–Crippen MR) is 127 cm³/mol. The van der Waals surface area contributed by atoms with Gasteiger partial charge in [0.1, 0.15) is 0 Å². The smallest absolute Gasteiger partial charge is 0.193 e. The molecule has 0 aliphatic rings. The van der Waals surface area contributed by atoms with Gasteiger partial charge in [-0.25, -0.2) is 0 Å². The molecule has 0 fully saturated rings. The standard InChI is InChI=1S/C28H31NO2/c1-5-7-9-12-22(6-2)28(31)26-19-20(3)29(21(26)4)25-17-15-24(16-18-25)27(30)23-13-10-8-11-14-23/h6,8,10-11,13-19H,5,7,9,12H2,1-4H3. The van der Waals surface area contributed by atoms with E-state index in [-0.39, 0.29) is 11.6 Å². The second kappa shape index (κ2) is 10.2. The first-order valence-electron chi connectivity index (χ1n) is 11.1. The lowest BCUT2D eigenvalue weighted by Gasteiger charge is -2.11. The molecule has 0 N–H and O–H groups in total. The molecular weight excluding hydrogens is 382 g/mol. The molecule has 0 bridgehead atoms. The number of benzene rings is 2. The van der Waals surface area contributed by atoms with Gasteiger partial charge < -0.3 is 4.57 Å². The summed E-state index contributed by atoms with van der Waals surface area (Å²) in [5, 5.41) is 0. The van der Waals surface area contributed by atoms with E-state index in [2.05, 4.69) is 11.5 Å². The lowest BCUT2D eigenvalue weighted by molar-refractivity contribution is 0.102. The maximum atomic E-state index is 13.2. The summed E-state index contributed by atoms with van der Waals surface area (Å²) in [4.78, 5) is 25.8.